The molecule has 4 rings (SSSR count). The monoisotopic (exact) mass is 378 g/mol. The lowest BCUT2D eigenvalue weighted by molar-refractivity contribution is 0.0480. The molecule has 3 heterocycles. The van der Waals surface area contributed by atoms with Gasteiger partial charge in [-0.25, -0.2) is 4.79 Å². The van der Waals surface area contributed by atoms with E-state index in [2.05, 4.69) is 10.3 Å². The molecule has 1 N–H and O–H groups in total. The molecule has 0 fully saturated rings. The van der Waals surface area contributed by atoms with Crippen molar-refractivity contribution in [2.24, 2.45) is 0 Å². The van der Waals surface area contributed by atoms with Crippen LogP contribution in [0.2, 0.25) is 0 Å². The summed E-state index contributed by atoms with van der Waals surface area (Å²) in [5.41, 5.74) is 1.65. The van der Waals surface area contributed by atoms with E-state index >= 15 is 0 Å². The molecule has 0 spiro atoms. The second-order valence-electron chi connectivity index (χ2n) is 5.66. The summed E-state index contributed by atoms with van der Waals surface area (Å²) in [6, 6.07) is 16.0. The van der Waals surface area contributed by atoms with E-state index in [9.17, 15) is 9.59 Å². The summed E-state index contributed by atoms with van der Waals surface area (Å²) in [6.45, 7) is 0.124. The van der Waals surface area contributed by atoms with Gasteiger partial charge in [-0.1, -0.05) is 24.3 Å². The number of nitrogens with one attached hydrogen (secondary N) is 1. The smallest absolute Gasteiger partial charge is 0.348 e. The molecule has 0 atom stereocenters. The van der Waals surface area contributed by atoms with Crippen molar-refractivity contribution in [3.05, 3.63) is 83.3 Å². The normalized spacial score (nSPS) is 10.7. The molecule has 0 radical (unpaired) electrons. The second kappa shape index (κ2) is 7.43. The van der Waals surface area contributed by atoms with Gasteiger partial charge in [0.25, 0.3) is 5.91 Å². The zero-order chi connectivity index (χ0) is 18.6. The molecule has 0 bridgehead atoms. The van der Waals surface area contributed by atoms with E-state index < -0.39 is 5.97 Å². The van der Waals surface area contributed by atoms with Gasteiger partial charge in [-0.15, -0.1) is 11.3 Å². The Morgan fingerprint density at radius 3 is 2.81 bits per heavy atom. The number of pyridine rings is 1. The van der Waals surface area contributed by atoms with Crippen LogP contribution in [0.3, 0.4) is 0 Å². The largest absolute Gasteiger partial charge is 0.459 e. The van der Waals surface area contributed by atoms with Crippen molar-refractivity contribution < 1.29 is 18.7 Å². The van der Waals surface area contributed by atoms with E-state index in [1.807, 2.05) is 30.3 Å². The Hall–Kier alpha value is -3.45. The lowest BCUT2D eigenvalue weighted by atomic mass is 10.1. The van der Waals surface area contributed by atoms with Crippen LogP contribution in [0.1, 0.15) is 25.8 Å². The maximum Gasteiger partial charge on any atom is 0.348 e. The number of aromatic nitrogens is 1. The molecule has 4 aromatic rings. The number of thiophene rings is 1. The second-order valence-corrected chi connectivity index (χ2v) is 6.75. The van der Waals surface area contributed by atoms with Crippen LogP contribution in [-0.2, 0) is 11.3 Å². The topological polar surface area (TPSA) is 81.4 Å². The molecule has 27 heavy (non-hydrogen) atoms. The highest BCUT2D eigenvalue weighted by Crippen LogP contribution is 2.24. The van der Waals surface area contributed by atoms with Crippen LogP contribution in [0.4, 0.5) is 5.00 Å². The van der Waals surface area contributed by atoms with E-state index in [0.717, 1.165) is 27.8 Å². The molecule has 0 saturated heterocycles. The molecule has 0 saturated carbocycles. The fraction of sp³-hybridized carbons (Fsp3) is 0.0500. The van der Waals surface area contributed by atoms with Crippen LogP contribution >= 0.6 is 11.3 Å². The van der Waals surface area contributed by atoms with Crippen LogP contribution in [0.25, 0.3) is 10.9 Å². The van der Waals surface area contributed by atoms with Gasteiger partial charge in [-0.2, -0.15) is 0 Å². The third-order valence-electron chi connectivity index (χ3n) is 3.86. The van der Waals surface area contributed by atoms with Gasteiger partial charge in [0.15, 0.2) is 5.76 Å². The standard InChI is InChI=1S/C20H14N2O4S/c23-19(15-7-3-11-25-15)22-17-9-8-16(27-17)20(24)26-12-14-5-1-4-13-6-2-10-21-18(13)14/h1-11H,12H2,(H,22,23). The quantitative estimate of drug-likeness (QED) is 0.517. The van der Waals surface area contributed by atoms with Crippen molar-refractivity contribution in [2.45, 2.75) is 6.61 Å². The number of hydrogen-bond acceptors (Lipinski definition) is 6. The molecule has 0 unspecified atom stereocenters. The maximum absolute atomic E-state index is 12.3. The summed E-state index contributed by atoms with van der Waals surface area (Å²) in [5.74, 6) is -0.619. The zero-order valence-corrected chi connectivity index (χ0v) is 14.9. The van der Waals surface area contributed by atoms with Crippen molar-refractivity contribution in [1.82, 2.24) is 4.98 Å². The van der Waals surface area contributed by atoms with E-state index in [-0.39, 0.29) is 18.3 Å². The Morgan fingerprint density at radius 2 is 1.96 bits per heavy atom. The number of amides is 1. The minimum absolute atomic E-state index is 0.124. The van der Waals surface area contributed by atoms with Crippen molar-refractivity contribution in [3.63, 3.8) is 0 Å². The number of nitrogens with zero attached hydrogens (tertiary/aromatic N) is 1. The van der Waals surface area contributed by atoms with E-state index in [1.54, 1.807) is 30.5 Å². The number of anilines is 1. The van der Waals surface area contributed by atoms with Crippen LogP contribution in [0, 0.1) is 0 Å². The summed E-state index contributed by atoms with van der Waals surface area (Å²) in [6.07, 6.45) is 3.13. The third kappa shape index (κ3) is 3.73. The number of hydrogen-bond donors (Lipinski definition) is 1. The fourth-order valence-corrected chi connectivity index (χ4v) is 3.39. The van der Waals surface area contributed by atoms with Gasteiger partial charge in [0.05, 0.1) is 16.8 Å². The Kier molecular flexibility index (Phi) is 4.67. The molecule has 6 nitrogen and oxygen atoms in total. The lowest BCUT2D eigenvalue weighted by Gasteiger charge is -2.06. The number of para-hydroxylation sites is 1. The first-order valence-corrected chi connectivity index (χ1v) is 8.97. The summed E-state index contributed by atoms with van der Waals surface area (Å²) in [4.78, 5) is 29.0. The molecule has 3 aromatic heterocycles. The van der Waals surface area contributed by atoms with Crippen molar-refractivity contribution in [3.8, 4) is 0 Å². The average molecular weight is 378 g/mol. The van der Waals surface area contributed by atoms with Crippen LogP contribution in [0.15, 0.2) is 71.5 Å². The van der Waals surface area contributed by atoms with Crippen molar-refractivity contribution >= 4 is 39.1 Å². The fourth-order valence-electron chi connectivity index (χ4n) is 2.59. The highest BCUT2D eigenvalue weighted by Gasteiger charge is 2.15. The predicted molar refractivity (Wildman–Crippen MR) is 102 cm³/mol. The molecule has 1 aromatic carbocycles. The van der Waals surface area contributed by atoms with Gasteiger partial charge >= 0.3 is 5.97 Å². The number of esters is 1. The first-order chi connectivity index (χ1) is 13.2. The van der Waals surface area contributed by atoms with Crippen LogP contribution < -0.4 is 5.32 Å². The lowest BCUT2D eigenvalue weighted by Crippen LogP contribution is -2.09. The Bertz CT molecular complexity index is 1100. The molecular formula is C20H14N2O4S. The molecule has 0 aliphatic heterocycles. The third-order valence-corrected chi connectivity index (χ3v) is 4.84. The van der Waals surface area contributed by atoms with Crippen molar-refractivity contribution in [1.29, 1.82) is 0 Å². The summed E-state index contributed by atoms with van der Waals surface area (Å²) < 4.78 is 10.5. The summed E-state index contributed by atoms with van der Waals surface area (Å²) >= 11 is 1.14. The number of furan rings is 1. The Morgan fingerprint density at radius 1 is 1.07 bits per heavy atom. The van der Waals surface area contributed by atoms with E-state index in [0.29, 0.717) is 9.88 Å². The number of ether oxygens (including phenoxy) is 1. The SMILES string of the molecule is O=C(Nc1ccc(C(=O)OCc2cccc3cccnc23)s1)c1ccco1. The van der Waals surface area contributed by atoms with E-state index in [1.165, 1.54) is 6.26 Å². The predicted octanol–water partition coefficient (Wildman–Crippen LogP) is 4.50. The van der Waals surface area contributed by atoms with Gasteiger partial charge in [-0.3, -0.25) is 9.78 Å². The van der Waals surface area contributed by atoms with Crippen molar-refractivity contribution in [2.75, 3.05) is 5.32 Å². The summed E-state index contributed by atoms with van der Waals surface area (Å²) in [5, 5.41) is 4.21. The Balaban J connectivity index is 1.41. The number of carbonyl (C=O) groups excluding carboxylic acids is 2. The average Bonchev–Trinajstić information content (AvgIpc) is 3.38. The number of benzene rings is 1. The van der Waals surface area contributed by atoms with Gasteiger partial charge in [-0.05, 0) is 30.3 Å². The highest BCUT2D eigenvalue weighted by atomic mass is 32.1. The highest BCUT2D eigenvalue weighted by molar-refractivity contribution is 7.18. The molecule has 0 aliphatic rings. The molecule has 1 amide bonds. The number of carbonyl (C=O) groups is 2. The van der Waals surface area contributed by atoms with Gasteiger partial charge in [0, 0.05) is 17.1 Å². The molecule has 7 heteroatoms. The van der Waals surface area contributed by atoms with Crippen LogP contribution in [-0.4, -0.2) is 16.9 Å². The maximum atomic E-state index is 12.3. The zero-order valence-electron chi connectivity index (χ0n) is 14.0. The van der Waals surface area contributed by atoms with Gasteiger partial charge in [0.2, 0.25) is 0 Å². The number of rotatable bonds is 5. The number of fused-ring (bicyclic) bond motifs is 1. The Labute approximate surface area is 158 Å². The first kappa shape index (κ1) is 17.0. The minimum atomic E-state index is -0.452. The molecular weight excluding hydrogens is 364 g/mol. The minimum Gasteiger partial charge on any atom is -0.459 e. The summed E-state index contributed by atoms with van der Waals surface area (Å²) in [7, 11) is 0. The molecule has 0 aliphatic carbocycles. The van der Waals surface area contributed by atoms with Crippen LogP contribution in [0.5, 0.6) is 0 Å². The van der Waals surface area contributed by atoms with E-state index in [4.69, 9.17) is 9.15 Å². The molecule has 134 valence electrons. The van der Waals surface area contributed by atoms with Gasteiger partial charge < -0.3 is 14.5 Å². The first-order valence-electron chi connectivity index (χ1n) is 8.15. The van der Waals surface area contributed by atoms with Gasteiger partial charge in [0.1, 0.15) is 11.5 Å².